The zero-order valence-corrected chi connectivity index (χ0v) is 15.0. The maximum atomic E-state index is 12.6. The molecular formula is C18H21N3O5. The van der Waals surface area contributed by atoms with Crippen LogP contribution in [0.15, 0.2) is 16.7 Å². The van der Waals surface area contributed by atoms with Crippen LogP contribution < -0.4 is 19.1 Å². The first kappa shape index (κ1) is 16.7. The number of rotatable bonds is 6. The monoisotopic (exact) mass is 359 g/mol. The van der Waals surface area contributed by atoms with Gasteiger partial charge >= 0.3 is 0 Å². The van der Waals surface area contributed by atoms with Crippen molar-refractivity contribution in [3.63, 3.8) is 0 Å². The van der Waals surface area contributed by atoms with Crippen LogP contribution in [0.1, 0.15) is 42.8 Å². The van der Waals surface area contributed by atoms with E-state index in [9.17, 15) is 4.79 Å². The number of amides is 1. The summed E-state index contributed by atoms with van der Waals surface area (Å²) in [7, 11) is 4.64. The third kappa shape index (κ3) is 2.85. The lowest BCUT2D eigenvalue weighted by molar-refractivity contribution is -0.117. The number of hydrogen-bond donors (Lipinski definition) is 0. The molecule has 1 aromatic carbocycles. The summed E-state index contributed by atoms with van der Waals surface area (Å²) in [6, 6.07) is 3.54. The molecule has 1 amide bonds. The van der Waals surface area contributed by atoms with Gasteiger partial charge in [0.15, 0.2) is 17.3 Å². The maximum absolute atomic E-state index is 12.6. The van der Waals surface area contributed by atoms with Gasteiger partial charge in [0.05, 0.1) is 32.9 Å². The third-order valence-corrected chi connectivity index (χ3v) is 4.84. The Kier molecular flexibility index (Phi) is 4.18. The lowest BCUT2D eigenvalue weighted by Gasteiger charge is -2.20. The number of methoxy groups -OCH3 is 3. The zero-order valence-electron chi connectivity index (χ0n) is 15.0. The first-order chi connectivity index (χ1) is 12.6. The molecule has 0 radical (unpaired) electrons. The Morgan fingerprint density at radius 1 is 1.08 bits per heavy atom. The standard InChI is InChI=1S/C18H21N3O5/c1-23-13-7-12(8-14(24-2)16(13)25-3)21-9-11(6-15(21)22)18-19-17(20-26-18)10-4-5-10/h7-8,10-11H,4-6,9H2,1-3H3. The van der Waals surface area contributed by atoms with E-state index in [4.69, 9.17) is 18.7 Å². The molecule has 1 atom stereocenters. The van der Waals surface area contributed by atoms with Gasteiger partial charge in [0.2, 0.25) is 17.5 Å². The highest BCUT2D eigenvalue weighted by Gasteiger charge is 2.37. The van der Waals surface area contributed by atoms with E-state index in [1.807, 2.05) is 0 Å². The number of anilines is 1. The van der Waals surface area contributed by atoms with Gasteiger partial charge in [-0.25, -0.2) is 0 Å². The second-order valence-corrected chi connectivity index (χ2v) is 6.55. The lowest BCUT2D eigenvalue weighted by Crippen LogP contribution is -2.24. The Bertz CT molecular complexity index is 805. The highest BCUT2D eigenvalue weighted by molar-refractivity contribution is 5.97. The molecule has 0 bridgehead atoms. The van der Waals surface area contributed by atoms with E-state index in [1.165, 1.54) is 0 Å². The van der Waals surface area contributed by atoms with Crippen molar-refractivity contribution in [2.75, 3.05) is 32.8 Å². The largest absolute Gasteiger partial charge is 0.493 e. The van der Waals surface area contributed by atoms with E-state index >= 15 is 0 Å². The molecule has 1 aromatic heterocycles. The molecule has 138 valence electrons. The lowest BCUT2D eigenvalue weighted by atomic mass is 10.1. The summed E-state index contributed by atoms with van der Waals surface area (Å²) in [4.78, 5) is 18.8. The minimum absolute atomic E-state index is 0.00422. The Hall–Kier alpha value is -2.77. The summed E-state index contributed by atoms with van der Waals surface area (Å²) in [6.07, 6.45) is 2.56. The molecule has 0 N–H and O–H groups in total. The van der Waals surface area contributed by atoms with Crippen LogP contribution in [0.3, 0.4) is 0 Å². The van der Waals surface area contributed by atoms with Gasteiger partial charge < -0.3 is 23.6 Å². The Morgan fingerprint density at radius 2 is 1.77 bits per heavy atom. The van der Waals surface area contributed by atoms with Crippen molar-refractivity contribution >= 4 is 11.6 Å². The van der Waals surface area contributed by atoms with Gasteiger partial charge in [-0.2, -0.15) is 4.98 Å². The van der Waals surface area contributed by atoms with Crippen LogP contribution >= 0.6 is 0 Å². The number of aromatic nitrogens is 2. The van der Waals surface area contributed by atoms with E-state index in [1.54, 1.807) is 38.4 Å². The first-order valence-electron chi connectivity index (χ1n) is 8.58. The summed E-state index contributed by atoms with van der Waals surface area (Å²) in [5.41, 5.74) is 0.689. The van der Waals surface area contributed by atoms with E-state index in [2.05, 4.69) is 10.1 Å². The number of carbonyl (C=O) groups excluding carboxylic acids is 1. The van der Waals surface area contributed by atoms with Gasteiger partial charge in [0.25, 0.3) is 0 Å². The molecule has 4 rings (SSSR count). The average molecular weight is 359 g/mol. The van der Waals surface area contributed by atoms with Crippen molar-refractivity contribution in [3.8, 4) is 17.2 Å². The van der Waals surface area contributed by atoms with Crippen LogP contribution in [0.4, 0.5) is 5.69 Å². The third-order valence-electron chi connectivity index (χ3n) is 4.84. The normalized spacial score (nSPS) is 19.7. The summed E-state index contributed by atoms with van der Waals surface area (Å²) >= 11 is 0. The highest BCUT2D eigenvalue weighted by atomic mass is 16.5. The van der Waals surface area contributed by atoms with Crippen LogP contribution in [0.2, 0.25) is 0 Å². The fraction of sp³-hybridized carbons (Fsp3) is 0.500. The number of hydrogen-bond acceptors (Lipinski definition) is 7. The van der Waals surface area contributed by atoms with E-state index in [0.717, 1.165) is 18.7 Å². The molecule has 1 aliphatic carbocycles. The van der Waals surface area contributed by atoms with Gasteiger partial charge in [0.1, 0.15) is 0 Å². The molecule has 0 spiro atoms. The van der Waals surface area contributed by atoms with Crippen molar-refractivity contribution in [1.82, 2.24) is 10.1 Å². The fourth-order valence-electron chi connectivity index (χ4n) is 3.27. The van der Waals surface area contributed by atoms with Gasteiger partial charge in [-0.3, -0.25) is 4.79 Å². The first-order valence-corrected chi connectivity index (χ1v) is 8.58. The van der Waals surface area contributed by atoms with Crippen LogP contribution in [0.25, 0.3) is 0 Å². The fourth-order valence-corrected chi connectivity index (χ4v) is 3.27. The molecule has 1 saturated heterocycles. The van der Waals surface area contributed by atoms with Crippen molar-refractivity contribution in [1.29, 1.82) is 0 Å². The van der Waals surface area contributed by atoms with Crippen LogP contribution in [0, 0.1) is 0 Å². The van der Waals surface area contributed by atoms with Crippen LogP contribution in [-0.2, 0) is 4.79 Å². The van der Waals surface area contributed by atoms with Crippen molar-refractivity contribution in [2.24, 2.45) is 0 Å². The summed E-state index contributed by atoms with van der Waals surface area (Å²) in [6.45, 7) is 0.476. The molecule has 8 nitrogen and oxygen atoms in total. The number of ether oxygens (including phenoxy) is 3. The molecule has 2 fully saturated rings. The zero-order chi connectivity index (χ0) is 18.3. The van der Waals surface area contributed by atoms with Gasteiger partial charge in [0, 0.05) is 31.0 Å². The average Bonchev–Trinajstić information content (AvgIpc) is 3.26. The Balaban J connectivity index is 1.60. The molecular weight excluding hydrogens is 338 g/mol. The summed E-state index contributed by atoms with van der Waals surface area (Å²) in [5.74, 6) is 3.12. The van der Waals surface area contributed by atoms with E-state index < -0.39 is 0 Å². The maximum Gasteiger partial charge on any atom is 0.232 e. The van der Waals surface area contributed by atoms with Gasteiger partial charge in [-0.05, 0) is 12.8 Å². The molecule has 8 heteroatoms. The van der Waals surface area contributed by atoms with Crippen LogP contribution in [-0.4, -0.2) is 43.9 Å². The van der Waals surface area contributed by atoms with Crippen molar-refractivity contribution in [3.05, 3.63) is 23.8 Å². The van der Waals surface area contributed by atoms with Gasteiger partial charge in [-0.1, -0.05) is 5.16 Å². The summed E-state index contributed by atoms with van der Waals surface area (Å²) in [5, 5.41) is 4.05. The number of nitrogens with zero attached hydrogens (tertiary/aromatic N) is 3. The second-order valence-electron chi connectivity index (χ2n) is 6.55. The second kappa shape index (κ2) is 6.51. The molecule has 1 aliphatic heterocycles. The Morgan fingerprint density at radius 3 is 2.35 bits per heavy atom. The van der Waals surface area contributed by atoms with Gasteiger partial charge in [-0.15, -0.1) is 0 Å². The quantitative estimate of drug-likeness (QED) is 0.783. The predicted molar refractivity (Wildman–Crippen MR) is 92.1 cm³/mol. The molecule has 2 aromatic rings. The predicted octanol–water partition coefficient (Wildman–Crippen LogP) is 2.49. The minimum atomic E-state index is -0.110. The Labute approximate surface area is 151 Å². The van der Waals surface area contributed by atoms with E-state index in [0.29, 0.717) is 47.7 Å². The molecule has 2 aliphatic rings. The molecule has 2 heterocycles. The number of carbonyl (C=O) groups is 1. The smallest absolute Gasteiger partial charge is 0.232 e. The molecule has 1 saturated carbocycles. The highest BCUT2D eigenvalue weighted by Crippen LogP contribution is 2.43. The molecule has 1 unspecified atom stereocenters. The van der Waals surface area contributed by atoms with Crippen molar-refractivity contribution < 1.29 is 23.5 Å². The minimum Gasteiger partial charge on any atom is -0.493 e. The van der Waals surface area contributed by atoms with Crippen LogP contribution in [0.5, 0.6) is 17.2 Å². The summed E-state index contributed by atoms with van der Waals surface area (Å²) < 4.78 is 21.5. The SMILES string of the molecule is COc1cc(N2CC(c3nc(C4CC4)no3)CC2=O)cc(OC)c1OC. The van der Waals surface area contributed by atoms with E-state index in [-0.39, 0.29) is 11.8 Å². The number of benzene rings is 1. The van der Waals surface area contributed by atoms with Crippen molar-refractivity contribution in [2.45, 2.75) is 31.1 Å². The topological polar surface area (TPSA) is 86.9 Å². The molecule has 26 heavy (non-hydrogen) atoms.